The van der Waals surface area contributed by atoms with Crippen LogP contribution in [0, 0.1) is 23.7 Å². The van der Waals surface area contributed by atoms with Gasteiger partial charge in [-0.2, -0.15) is 0 Å². The van der Waals surface area contributed by atoms with Crippen molar-refractivity contribution in [1.82, 2.24) is 4.90 Å². The van der Waals surface area contributed by atoms with Gasteiger partial charge in [-0.15, -0.1) is 0 Å². The average molecular weight is 471 g/mol. The van der Waals surface area contributed by atoms with Crippen LogP contribution in [-0.4, -0.2) is 38.9 Å². The molecule has 1 heterocycles. The summed E-state index contributed by atoms with van der Waals surface area (Å²) < 4.78 is 5.22. The molecule has 0 N–H and O–H groups in total. The molecule has 2 bridgehead atoms. The molecule has 5 nitrogen and oxygen atoms in total. The molecule has 1 saturated heterocycles. The molecular weight excluding hydrogens is 454 g/mol. The summed E-state index contributed by atoms with van der Waals surface area (Å²) in [7, 11) is 0. The monoisotopic (exact) mass is 469 g/mol. The molecule has 25 heavy (non-hydrogen) atoms. The Hall–Kier alpha value is -1.21. The van der Waals surface area contributed by atoms with Crippen molar-refractivity contribution in [3.05, 3.63) is 35.9 Å². The first-order valence-corrected chi connectivity index (χ1v) is 10.1. The second kappa shape index (κ2) is 6.50. The highest BCUT2D eigenvalue weighted by molar-refractivity contribution is 9.12. The van der Waals surface area contributed by atoms with E-state index in [4.69, 9.17) is 4.74 Å². The number of benzene rings is 1. The van der Waals surface area contributed by atoms with Crippen molar-refractivity contribution in [3.63, 3.8) is 0 Å². The lowest BCUT2D eigenvalue weighted by molar-refractivity contribution is -0.154. The number of rotatable bonds is 4. The van der Waals surface area contributed by atoms with Gasteiger partial charge in [-0.1, -0.05) is 62.2 Å². The molecule has 2 amide bonds. The summed E-state index contributed by atoms with van der Waals surface area (Å²) in [6.07, 6.45) is 0.880. The van der Waals surface area contributed by atoms with Crippen molar-refractivity contribution in [3.8, 4) is 0 Å². The van der Waals surface area contributed by atoms with Gasteiger partial charge in [0.2, 0.25) is 11.8 Å². The van der Waals surface area contributed by atoms with Crippen LogP contribution in [0.2, 0.25) is 0 Å². The number of hydrogen-bond donors (Lipinski definition) is 0. The van der Waals surface area contributed by atoms with Crippen molar-refractivity contribution in [2.24, 2.45) is 23.7 Å². The topological polar surface area (TPSA) is 63.7 Å². The van der Waals surface area contributed by atoms with Gasteiger partial charge in [0.15, 0.2) is 0 Å². The Kier molecular flexibility index (Phi) is 4.48. The molecule has 0 spiro atoms. The van der Waals surface area contributed by atoms with Crippen LogP contribution in [0.3, 0.4) is 0 Å². The smallest absolute Gasteiger partial charge is 0.326 e. The van der Waals surface area contributed by atoms with E-state index < -0.39 is 5.97 Å². The number of imide groups is 1. The predicted octanol–water partition coefficient (Wildman–Crippen LogP) is 2.51. The van der Waals surface area contributed by atoms with Crippen LogP contribution >= 0.6 is 31.9 Å². The first-order chi connectivity index (χ1) is 12.0. The van der Waals surface area contributed by atoms with E-state index in [1.165, 1.54) is 0 Å². The Morgan fingerprint density at radius 2 is 1.60 bits per heavy atom. The Labute approximate surface area is 162 Å². The maximum atomic E-state index is 12.7. The van der Waals surface area contributed by atoms with E-state index in [0.717, 1.165) is 16.9 Å². The number of carbonyl (C=O) groups is 3. The lowest BCUT2D eigenvalue weighted by Gasteiger charge is -2.28. The van der Waals surface area contributed by atoms with E-state index >= 15 is 0 Å². The lowest BCUT2D eigenvalue weighted by Crippen LogP contribution is -2.38. The number of nitrogens with zero attached hydrogens (tertiary/aromatic N) is 1. The first-order valence-electron chi connectivity index (χ1n) is 8.32. The zero-order valence-electron chi connectivity index (χ0n) is 13.3. The van der Waals surface area contributed by atoms with Gasteiger partial charge in [-0.05, 0) is 23.8 Å². The van der Waals surface area contributed by atoms with E-state index in [1.54, 1.807) is 0 Å². The number of amides is 2. The highest BCUT2D eigenvalue weighted by Crippen LogP contribution is 2.60. The average Bonchev–Trinajstić information content (AvgIpc) is 3.21. The molecule has 132 valence electrons. The van der Waals surface area contributed by atoms with Gasteiger partial charge in [0.05, 0.1) is 11.8 Å². The molecular formula is C18H17Br2NO4. The van der Waals surface area contributed by atoms with Crippen LogP contribution in [-0.2, 0) is 25.7 Å². The fourth-order valence-electron chi connectivity index (χ4n) is 4.48. The zero-order valence-corrected chi connectivity index (χ0v) is 16.5. The standard InChI is InChI=1S/C18H17Br2NO4/c19-15-10-6-11(16(15)20)14-13(10)17(23)21(18(14)24)7-12(22)25-8-9-4-2-1-3-5-9/h1-5,10-11,13-16H,6-8H2/t10-,11-,13-,14-,15-,16+/m1/s1. The predicted molar refractivity (Wildman–Crippen MR) is 97.0 cm³/mol. The maximum Gasteiger partial charge on any atom is 0.326 e. The summed E-state index contributed by atoms with van der Waals surface area (Å²) in [4.78, 5) is 39.0. The maximum absolute atomic E-state index is 12.7. The number of fused-ring (bicyclic) bond motifs is 5. The van der Waals surface area contributed by atoms with Gasteiger partial charge in [-0.3, -0.25) is 19.3 Å². The largest absolute Gasteiger partial charge is 0.459 e. The molecule has 1 aliphatic heterocycles. The molecule has 4 rings (SSSR count). The molecule has 0 aromatic heterocycles. The third-order valence-electron chi connectivity index (χ3n) is 5.61. The summed E-state index contributed by atoms with van der Waals surface area (Å²) in [6, 6.07) is 9.32. The minimum absolute atomic E-state index is 0.140. The third kappa shape index (κ3) is 2.76. The molecule has 0 unspecified atom stereocenters. The second-order valence-corrected chi connectivity index (χ2v) is 9.03. The highest BCUT2D eigenvalue weighted by Gasteiger charge is 2.66. The molecule has 1 aromatic rings. The number of carbonyl (C=O) groups excluding carboxylic acids is 3. The summed E-state index contributed by atoms with van der Waals surface area (Å²) in [5.74, 6) is -1.27. The summed E-state index contributed by atoms with van der Waals surface area (Å²) in [6.45, 7) is -0.155. The van der Waals surface area contributed by atoms with Gasteiger partial charge in [0.25, 0.3) is 0 Å². The van der Waals surface area contributed by atoms with Crippen LogP contribution in [0.5, 0.6) is 0 Å². The minimum Gasteiger partial charge on any atom is -0.459 e. The van der Waals surface area contributed by atoms with E-state index in [1.807, 2.05) is 30.3 Å². The van der Waals surface area contributed by atoms with Gasteiger partial charge in [-0.25, -0.2) is 0 Å². The molecule has 3 fully saturated rings. The van der Waals surface area contributed by atoms with Gasteiger partial charge in [0.1, 0.15) is 13.2 Å². The number of likely N-dealkylation sites (tertiary alicyclic amines) is 1. The highest BCUT2D eigenvalue weighted by atomic mass is 79.9. The Bertz CT molecular complexity index is 693. The first kappa shape index (κ1) is 17.2. The minimum atomic E-state index is -0.552. The second-order valence-electron chi connectivity index (χ2n) is 6.91. The molecule has 1 aromatic carbocycles. The van der Waals surface area contributed by atoms with E-state index in [0.29, 0.717) is 0 Å². The van der Waals surface area contributed by atoms with Crippen molar-refractivity contribution < 1.29 is 19.1 Å². The SMILES string of the molecule is O=C(CN1C(=O)[C@@H]2[C@H]3C[C@@H]([C@@H](Br)[C@H]3Br)[C@H]2C1=O)OCc1ccccc1. The Balaban J connectivity index is 1.41. The fraction of sp³-hybridized carbons (Fsp3) is 0.500. The normalized spacial score (nSPS) is 36.0. The van der Waals surface area contributed by atoms with Gasteiger partial charge in [0, 0.05) is 9.65 Å². The molecule has 6 atom stereocenters. The van der Waals surface area contributed by atoms with Crippen molar-refractivity contribution >= 4 is 49.6 Å². The molecule has 0 radical (unpaired) electrons. The van der Waals surface area contributed by atoms with E-state index in [2.05, 4.69) is 31.9 Å². The van der Waals surface area contributed by atoms with Crippen LogP contribution < -0.4 is 0 Å². The van der Waals surface area contributed by atoms with Gasteiger partial charge >= 0.3 is 5.97 Å². The molecule has 7 heteroatoms. The Morgan fingerprint density at radius 1 is 1.04 bits per heavy atom. The number of alkyl halides is 2. The van der Waals surface area contributed by atoms with Crippen LogP contribution in [0.25, 0.3) is 0 Å². The quantitative estimate of drug-likeness (QED) is 0.385. The van der Waals surface area contributed by atoms with E-state index in [9.17, 15) is 14.4 Å². The van der Waals surface area contributed by atoms with Crippen molar-refractivity contribution in [1.29, 1.82) is 0 Å². The summed E-state index contributed by atoms with van der Waals surface area (Å²) in [5.41, 5.74) is 0.870. The van der Waals surface area contributed by atoms with Crippen LogP contribution in [0.4, 0.5) is 0 Å². The fourth-order valence-corrected chi connectivity index (χ4v) is 6.35. The Morgan fingerprint density at radius 3 is 2.16 bits per heavy atom. The summed E-state index contributed by atoms with van der Waals surface area (Å²) in [5, 5.41) is 0. The number of halogens is 2. The van der Waals surface area contributed by atoms with E-state index in [-0.39, 0.29) is 58.3 Å². The van der Waals surface area contributed by atoms with Crippen LogP contribution in [0.15, 0.2) is 30.3 Å². The summed E-state index contributed by atoms with van der Waals surface area (Å²) >= 11 is 7.29. The van der Waals surface area contributed by atoms with Crippen molar-refractivity contribution in [2.45, 2.75) is 22.7 Å². The zero-order chi connectivity index (χ0) is 17.7. The molecule has 3 aliphatic rings. The lowest BCUT2D eigenvalue weighted by atomic mass is 9.81. The van der Waals surface area contributed by atoms with Gasteiger partial charge < -0.3 is 4.74 Å². The van der Waals surface area contributed by atoms with Crippen LogP contribution in [0.1, 0.15) is 12.0 Å². The third-order valence-corrected chi connectivity index (χ3v) is 8.81. The van der Waals surface area contributed by atoms with Crippen molar-refractivity contribution in [2.75, 3.05) is 6.54 Å². The number of ether oxygens (including phenoxy) is 1. The molecule has 2 saturated carbocycles. The molecule has 2 aliphatic carbocycles. The number of hydrogen-bond acceptors (Lipinski definition) is 4. The number of esters is 1.